The van der Waals surface area contributed by atoms with Gasteiger partial charge < -0.3 is 10.0 Å². The first-order chi connectivity index (χ1) is 10.3. The lowest BCUT2D eigenvalue weighted by Crippen LogP contribution is -2.40. The summed E-state index contributed by atoms with van der Waals surface area (Å²) in [7, 11) is 1.53. The Morgan fingerprint density at radius 1 is 1.32 bits per heavy atom. The van der Waals surface area contributed by atoms with Crippen molar-refractivity contribution in [2.75, 3.05) is 20.1 Å². The van der Waals surface area contributed by atoms with E-state index in [0.717, 1.165) is 5.56 Å². The molecule has 0 aliphatic carbocycles. The Hall–Kier alpha value is -2.63. The third kappa shape index (κ3) is 2.86. The summed E-state index contributed by atoms with van der Waals surface area (Å²) < 4.78 is 0. The van der Waals surface area contributed by atoms with Crippen molar-refractivity contribution in [3.8, 4) is 0 Å². The van der Waals surface area contributed by atoms with E-state index in [1.165, 1.54) is 23.8 Å². The zero-order chi connectivity index (χ0) is 16.4. The summed E-state index contributed by atoms with van der Waals surface area (Å²) in [6.07, 6.45) is 0. The van der Waals surface area contributed by atoms with E-state index < -0.39 is 11.9 Å². The minimum atomic E-state index is -0.964. The lowest BCUT2D eigenvalue weighted by Gasteiger charge is -2.23. The van der Waals surface area contributed by atoms with Crippen LogP contribution in [-0.4, -0.2) is 52.8 Å². The summed E-state index contributed by atoms with van der Waals surface area (Å²) in [5, 5.41) is 8.88. The molecular formula is C16H18N2O4. The standard InChI is InChI=1S/C16H18N2O4/c1-10(16(21)22)8-17(3)14(19)9-18-11(2)12-6-4-5-7-13(12)15(18)20/h4-7,10H,2,8-9H2,1,3H3,(H,21,22). The first-order valence-electron chi connectivity index (χ1n) is 6.90. The van der Waals surface area contributed by atoms with Gasteiger partial charge in [-0.05, 0) is 6.07 Å². The van der Waals surface area contributed by atoms with E-state index in [9.17, 15) is 14.4 Å². The number of carboxylic acids is 1. The number of carbonyl (C=O) groups is 3. The Labute approximate surface area is 128 Å². The highest BCUT2D eigenvalue weighted by Crippen LogP contribution is 2.30. The van der Waals surface area contributed by atoms with Gasteiger partial charge in [-0.25, -0.2) is 0 Å². The number of rotatable bonds is 5. The summed E-state index contributed by atoms with van der Waals surface area (Å²) in [5.74, 6) is -2.21. The fraction of sp³-hybridized carbons (Fsp3) is 0.312. The molecule has 1 heterocycles. The smallest absolute Gasteiger partial charge is 0.308 e. The maximum Gasteiger partial charge on any atom is 0.308 e. The summed E-state index contributed by atoms with van der Waals surface area (Å²) in [5.41, 5.74) is 1.75. The predicted octanol–water partition coefficient (Wildman–Crippen LogP) is 1.29. The number of aliphatic carboxylic acids is 1. The fourth-order valence-corrected chi connectivity index (χ4v) is 2.35. The van der Waals surface area contributed by atoms with Crippen molar-refractivity contribution in [3.05, 3.63) is 42.0 Å². The van der Waals surface area contributed by atoms with Gasteiger partial charge in [-0.2, -0.15) is 0 Å². The van der Waals surface area contributed by atoms with Gasteiger partial charge in [-0.3, -0.25) is 19.3 Å². The summed E-state index contributed by atoms with van der Waals surface area (Å²) in [6, 6.07) is 7.05. The van der Waals surface area contributed by atoms with Crippen LogP contribution in [0.4, 0.5) is 0 Å². The van der Waals surface area contributed by atoms with Crippen LogP contribution in [0.15, 0.2) is 30.8 Å². The molecule has 6 nitrogen and oxygen atoms in total. The molecule has 116 valence electrons. The molecule has 0 spiro atoms. The van der Waals surface area contributed by atoms with Crippen LogP contribution < -0.4 is 0 Å². The lowest BCUT2D eigenvalue weighted by molar-refractivity contribution is -0.142. The molecule has 1 unspecified atom stereocenters. The molecule has 22 heavy (non-hydrogen) atoms. The zero-order valence-electron chi connectivity index (χ0n) is 12.6. The normalized spacial score (nSPS) is 14.7. The molecule has 1 aliphatic heterocycles. The third-order valence-electron chi connectivity index (χ3n) is 3.73. The Kier molecular flexibility index (Phi) is 4.30. The third-order valence-corrected chi connectivity index (χ3v) is 3.73. The maximum atomic E-state index is 12.3. The molecule has 0 radical (unpaired) electrons. The number of nitrogens with zero attached hydrogens (tertiary/aromatic N) is 2. The largest absolute Gasteiger partial charge is 0.481 e. The Morgan fingerprint density at radius 3 is 2.45 bits per heavy atom. The molecule has 2 amide bonds. The van der Waals surface area contributed by atoms with Crippen LogP contribution in [0.1, 0.15) is 22.8 Å². The van der Waals surface area contributed by atoms with Gasteiger partial charge in [0.1, 0.15) is 6.54 Å². The molecule has 0 saturated carbocycles. The number of hydrogen-bond acceptors (Lipinski definition) is 3. The van der Waals surface area contributed by atoms with E-state index in [2.05, 4.69) is 6.58 Å². The number of amides is 2. The van der Waals surface area contributed by atoms with Crippen LogP contribution in [-0.2, 0) is 9.59 Å². The number of carboxylic acid groups (broad SMARTS) is 1. The molecule has 1 aliphatic rings. The first-order valence-corrected chi connectivity index (χ1v) is 6.90. The van der Waals surface area contributed by atoms with Crippen molar-refractivity contribution < 1.29 is 19.5 Å². The lowest BCUT2D eigenvalue weighted by atomic mass is 10.1. The van der Waals surface area contributed by atoms with Gasteiger partial charge in [0.05, 0.1) is 5.92 Å². The number of hydrogen-bond donors (Lipinski definition) is 1. The van der Waals surface area contributed by atoms with Gasteiger partial charge in [0, 0.05) is 30.4 Å². The van der Waals surface area contributed by atoms with E-state index >= 15 is 0 Å². The SMILES string of the molecule is C=C1c2ccccc2C(=O)N1CC(=O)N(C)CC(C)C(=O)O. The van der Waals surface area contributed by atoms with E-state index in [-0.39, 0.29) is 24.9 Å². The van der Waals surface area contributed by atoms with Gasteiger partial charge in [-0.15, -0.1) is 0 Å². The Morgan fingerprint density at radius 2 is 1.91 bits per heavy atom. The molecule has 0 bridgehead atoms. The van der Waals surface area contributed by atoms with E-state index in [1.807, 2.05) is 6.07 Å². The van der Waals surface area contributed by atoms with Gasteiger partial charge in [0.15, 0.2) is 0 Å². The van der Waals surface area contributed by atoms with Gasteiger partial charge in [-0.1, -0.05) is 31.7 Å². The van der Waals surface area contributed by atoms with Crippen LogP contribution in [0.2, 0.25) is 0 Å². The van der Waals surface area contributed by atoms with E-state index in [4.69, 9.17) is 5.11 Å². The minimum Gasteiger partial charge on any atom is -0.481 e. The highest BCUT2D eigenvalue weighted by atomic mass is 16.4. The predicted molar refractivity (Wildman–Crippen MR) is 80.9 cm³/mol. The summed E-state index contributed by atoms with van der Waals surface area (Å²) >= 11 is 0. The number of likely N-dealkylation sites (N-methyl/N-ethyl adjacent to an activating group) is 1. The number of fused-ring (bicyclic) bond motifs is 1. The molecule has 6 heteroatoms. The van der Waals surface area contributed by atoms with E-state index in [0.29, 0.717) is 11.3 Å². The van der Waals surface area contributed by atoms with Crippen molar-refractivity contribution in [3.63, 3.8) is 0 Å². The number of benzene rings is 1. The average molecular weight is 302 g/mol. The summed E-state index contributed by atoms with van der Waals surface area (Å²) in [4.78, 5) is 38.0. The van der Waals surface area contributed by atoms with Crippen LogP contribution in [0.5, 0.6) is 0 Å². The van der Waals surface area contributed by atoms with Gasteiger partial charge in [0.2, 0.25) is 5.91 Å². The van der Waals surface area contributed by atoms with Crippen molar-refractivity contribution in [1.82, 2.24) is 9.80 Å². The molecule has 0 saturated heterocycles. The van der Waals surface area contributed by atoms with Crippen molar-refractivity contribution in [2.45, 2.75) is 6.92 Å². The quantitative estimate of drug-likeness (QED) is 0.889. The number of carbonyl (C=O) groups excluding carboxylic acids is 2. The summed E-state index contributed by atoms with van der Waals surface area (Å²) in [6.45, 7) is 5.35. The van der Waals surface area contributed by atoms with Crippen molar-refractivity contribution >= 4 is 23.5 Å². The van der Waals surface area contributed by atoms with Crippen LogP contribution in [0.25, 0.3) is 5.70 Å². The van der Waals surface area contributed by atoms with E-state index in [1.54, 1.807) is 18.2 Å². The average Bonchev–Trinajstić information content (AvgIpc) is 2.72. The topological polar surface area (TPSA) is 77.9 Å². The van der Waals surface area contributed by atoms with Gasteiger partial charge >= 0.3 is 5.97 Å². The Balaban J connectivity index is 2.06. The zero-order valence-corrected chi connectivity index (χ0v) is 12.6. The minimum absolute atomic E-state index is 0.0929. The molecule has 0 fully saturated rings. The first kappa shape index (κ1) is 15.8. The monoisotopic (exact) mass is 302 g/mol. The highest BCUT2D eigenvalue weighted by Gasteiger charge is 2.32. The molecule has 1 N–H and O–H groups in total. The Bertz CT molecular complexity index is 618. The molecule has 1 aromatic rings. The molecule has 0 aromatic heterocycles. The fourth-order valence-electron chi connectivity index (χ4n) is 2.35. The highest BCUT2D eigenvalue weighted by molar-refractivity contribution is 6.10. The second-order valence-electron chi connectivity index (χ2n) is 5.40. The van der Waals surface area contributed by atoms with Crippen molar-refractivity contribution in [2.24, 2.45) is 5.92 Å². The second-order valence-corrected chi connectivity index (χ2v) is 5.40. The maximum absolute atomic E-state index is 12.3. The van der Waals surface area contributed by atoms with Crippen LogP contribution in [0.3, 0.4) is 0 Å². The molecule has 1 aromatic carbocycles. The van der Waals surface area contributed by atoms with Crippen LogP contribution in [0, 0.1) is 5.92 Å². The molecule has 1 atom stereocenters. The van der Waals surface area contributed by atoms with Crippen LogP contribution >= 0.6 is 0 Å². The van der Waals surface area contributed by atoms with Gasteiger partial charge in [0.25, 0.3) is 5.91 Å². The molecule has 2 rings (SSSR count). The molecular weight excluding hydrogens is 284 g/mol. The second kappa shape index (κ2) is 6.01. The van der Waals surface area contributed by atoms with Crippen molar-refractivity contribution in [1.29, 1.82) is 0 Å².